The van der Waals surface area contributed by atoms with Gasteiger partial charge in [-0.3, -0.25) is 0 Å². The molecule has 0 bridgehead atoms. The minimum absolute atomic E-state index is 0.469. The molecule has 1 aliphatic carbocycles. The topological polar surface area (TPSA) is 29.3 Å². The van der Waals surface area contributed by atoms with Crippen molar-refractivity contribution in [1.82, 2.24) is 4.90 Å². The molecule has 2 nitrogen and oxygen atoms in total. The van der Waals surface area contributed by atoms with Crippen molar-refractivity contribution >= 4 is 0 Å². The van der Waals surface area contributed by atoms with Crippen molar-refractivity contribution in [3.8, 4) is 0 Å². The minimum atomic E-state index is 0.469. The fraction of sp³-hybridized carbons (Fsp3) is 1.00. The van der Waals surface area contributed by atoms with E-state index in [4.69, 9.17) is 5.73 Å². The lowest BCUT2D eigenvalue weighted by molar-refractivity contribution is 0.235. The van der Waals surface area contributed by atoms with Crippen LogP contribution in [-0.4, -0.2) is 30.6 Å². The summed E-state index contributed by atoms with van der Waals surface area (Å²) in [4.78, 5) is 2.55. The third-order valence-corrected chi connectivity index (χ3v) is 3.72. The zero-order valence-corrected chi connectivity index (χ0v) is 10.7. The monoisotopic (exact) mass is 212 g/mol. The lowest BCUT2D eigenvalue weighted by atomic mass is 10.1. The van der Waals surface area contributed by atoms with Gasteiger partial charge < -0.3 is 10.6 Å². The Labute approximate surface area is 95.2 Å². The van der Waals surface area contributed by atoms with Crippen LogP contribution in [0.3, 0.4) is 0 Å². The predicted molar refractivity (Wildman–Crippen MR) is 66.9 cm³/mol. The number of nitrogens with zero attached hydrogens (tertiary/aromatic N) is 1. The van der Waals surface area contributed by atoms with E-state index in [1.54, 1.807) is 0 Å². The molecule has 0 aromatic rings. The van der Waals surface area contributed by atoms with E-state index in [-0.39, 0.29) is 0 Å². The van der Waals surface area contributed by atoms with Crippen molar-refractivity contribution in [3.05, 3.63) is 0 Å². The van der Waals surface area contributed by atoms with Crippen LogP contribution in [0.25, 0.3) is 0 Å². The van der Waals surface area contributed by atoms with Gasteiger partial charge in [-0.25, -0.2) is 0 Å². The molecule has 90 valence electrons. The van der Waals surface area contributed by atoms with Crippen molar-refractivity contribution in [2.75, 3.05) is 19.6 Å². The summed E-state index contributed by atoms with van der Waals surface area (Å²) in [6, 6.07) is 0.469. The van der Waals surface area contributed by atoms with Crippen LogP contribution in [0.15, 0.2) is 0 Å². The highest BCUT2D eigenvalue weighted by molar-refractivity contribution is 4.84. The van der Waals surface area contributed by atoms with E-state index >= 15 is 0 Å². The second-order valence-corrected chi connectivity index (χ2v) is 5.20. The average molecular weight is 212 g/mol. The highest BCUT2D eigenvalue weighted by Crippen LogP contribution is 2.32. The smallest absolute Gasteiger partial charge is 0.00793 e. The minimum Gasteiger partial charge on any atom is -0.327 e. The van der Waals surface area contributed by atoms with Gasteiger partial charge in [0.2, 0.25) is 0 Å². The van der Waals surface area contributed by atoms with Gasteiger partial charge in [-0.05, 0) is 44.2 Å². The Morgan fingerprint density at radius 1 is 1.33 bits per heavy atom. The molecule has 0 aromatic carbocycles. The summed E-state index contributed by atoms with van der Waals surface area (Å²) in [5.41, 5.74) is 6.12. The van der Waals surface area contributed by atoms with E-state index in [0.29, 0.717) is 6.04 Å². The van der Waals surface area contributed by atoms with Gasteiger partial charge in [0.1, 0.15) is 0 Å². The zero-order valence-electron chi connectivity index (χ0n) is 10.7. The van der Waals surface area contributed by atoms with Crippen LogP contribution < -0.4 is 5.73 Å². The Morgan fingerprint density at radius 2 is 2.00 bits per heavy atom. The molecule has 2 atom stereocenters. The Kier molecular flexibility index (Phi) is 5.62. The van der Waals surface area contributed by atoms with Gasteiger partial charge in [-0.2, -0.15) is 0 Å². The maximum Gasteiger partial charge on any atom is 0.00793 e. The van der Waals surface area contributed by atoms with Crippen LogP contribution >= 0.6 is 0 Å². The van der Waals surface area contributed by atoms with Crippen LogP contribution in [0.4, 0.5) is 0 Å². The van der Waals surface area contributed by atoms with Crippen LogP contribution in [0, 0.1) is 11.8 Å². The molecular formula is C13H28N2. The molecule has 1 aliphatic rings. The van der Waals surface area contributed by atoms with Gasteiger partial charge >= 0.3 is 0 Å². The second-order valence-electron chi connectivity index (χ2n) is 5.20. The molecule has 0 amide bonds. The van der Waals surface area contributed by atoms with Crippen LogP contribution in [0.2, 0.25) is 0 Å². The molecule has 0 spiro atoms. The van der Waals surface area contributed by atoms with Crippen molar-refractivity contribution in [2.24, 2.45) is 17.6 Å². The lowest BCUT2D eigenvalue weighted by Crippen LogP contribution is -2.34. The highest BCUT2D eigenvalue weighted by atomic mass is 15.1. The first-order valence-electron chi connectivity index (χ1n) is 6.65. The first-order valence-corrected chi connectivity index (χ1v) is 6.65. The van der Waals surface area contributed by atoms with Gasteiger partial charge in [-0.1, -0.05) is 27.2 Å². The molecule has 15 heavy (non-hydrogen) atoms. The molecule has 1 fully saturated rings. The van der Waals surface area contributed by atoms with Gasteiger partial charge in [-0.15, -0.1) is 0 Å². The zero-order chi connectivity index (χ0) is 11.3. The maximum absolute atomic E-state index is 6.12. The Balaban J connectivity index is 2.14. The van der Waals surface area contributed by atoms with Crippen molar-refractivity contribution in [2.45, 2.75) is 52.5 Å². The predicted octanol–water partition coefficient (Wildman–Crippen LogP) is 2.48. The van der Waals surface area contributed by atoms with E-state index in [2.05, 4.69) is 25.7 Å². The third-order valence-electron chi connectivity index (χ3n) is 3.72. The molecule has 0 aromatic heterocycles. The van der Waals surface area contributed by atoms with Crippen molar-refractivity contribution in [1.29, 1.82) is 0 Å². The summed E-state index contributed by atoms with van der Waals surface area (Å²) in [7, 11) is 0. The summed E-state index contributed by atoms with van der Waals surface area (Å²) < 4.78 is 0. The Bertz CT molecular complexity index is 166. The largest absolute Gasteiger partial charge is 0.327 e. The molecule has 2 unspecified atom stereocenters. The summed E-state index contributed by atoms with van der Waals surface area (Å²) in [6.07, 6.45) is 5.22. The lowest BCUT2D eigenvalue weighted by Gasteiger charge is -2.25. The normalized spacial score (nSPS) is 20.6. The summed E-state index contributed by atoms with van der Waals surface area (Å²) in [6.45, 7) is 10.5. The SMILES string of the molecule is CCC(C)CN(CC)CCC(N)C1CC1. The first kappa shape index (κ1) is 13.0. The molecule has 0 saturated heterocycles. The summed E-state index contributed by atoms with van der Waals surface area (Å²) in [5, 5.41) is 0. The average Bonchev–Trinajstić information content (AvgIpc) is 3.06. The molecule has 2 N–H and O–H groups in total. The number of hydrogen-bond donors (Lipinski definition) is 1. The Hall–Kier alpha value is -0.0800. The summed E-state index contributed by atoms with van der Waals surface area (Å²) >= 11 is 0. The van der Waals surface area contributed by atoms with E-state index in [9.17, 15) is 0 Å². The maximum atomic E-state index is 6.12. The Morgan fingerprint density at radius 3 is 2.47 bits per heavy atom. The number of nitrogens with two attached hydrogens (primary N) is 1. The van der Waals surface area contributed by atoms with Gasteiger partial charge in [0.25, 0.3) is 0 Å². The second kappa shape index (κ2) is 6.49. The molecule has 0 radical (unpaired) electrons. The molecule has 2 heteroatoms. The van der Waals surface area contributed by atoms with Gasteiger partial charge in [0, 0.05) is 12.6 Å². The van der Waals surface area contributed by atoms with Crippen LogP contribution in [0.5, 0.6) is 0 Å². The molecule has 0 heterocycles. The summed E-state index contributed by atoms with van der Waals surface area (Å²) in [5.74, 6) is 1.68. The highest BCUT2D eigenvalue weighted by Gasteiger charge is 2.28. The first-order chi connectivity index (χ1) is 7.17. The fourth-order valence-corrected chi connectivity index (χ4v) is 2.04. The van der Waals surface area contributed by atoms with Gasteiger partial charge in [0.15, 0.2) is 0 Å². The van der Waals surface area contributed by atoms with Crippen molar-refractivity contribution < 1.29 is 0 Å². The van der Waals surface area contributed by atoms with E-state index < -0.39 is 0 Å². The quantitative estimate of drug-likeness (QED) is 0.670. The van der Waals surface area contributed by atoms with Gasteiger partial charge in [0.05, 0.1) is 0 Å². The van der Waals surface area contributed by atoms with E-state index in [0.717, 1.165) is 11.8 Å². The number of rotatable bonds is 8. The fourth-order valence-electron chi connectivity index (χ4n) is 2.04. The molecule has 0 aliphatic heterocycles. The number of hydrogen-bond acceptors (Lipinski definition) is 2. The van der Waals surface area contributed by atoms with E-state index in [1.165, 1.54) is 45.3 Å². The molecular weight excluding hydrogens is 184 g/mol. The molecule has 1 saturated carbocycles. The standard InChI is InChI=1S/C13H28N2/c1-4-11(3)10-15(5-2)9-8-13(14)12-6-7-12/h11-13H,4-10,14H2,1-3H3. The third kappa shape index (κ3) is 4.98. The van der Waals surface area contributed by atoms with E-state index in [1.807, 2.05) is 0 Å². The van der Waals surface area contributed by atoms with Crippen LogP contribution in [-0.2, 0) is 0 Å². The molecule has 1 rings (SSSR count). The van der Waals surface area contributed by atoms with Crippen LogP contribution in [0.1, 0.15) is 46.5 Å². The van der Waals surface area contributed by atoms with Crippen molar-refractivity contribution in [3.63, 3.8) is 0 Å².